The highest BCUT2D eigenvalue weighted by Gasteiger charge is 2.08. The number of nitrogens with zero attached hydrogens (tertiary/aromatic N) is 2. The van der Waals surface area contributed by atoms with Gasteiger partial charge in [0, 0.05) is 28.2 Å². The lowest BCUT2D eigenvalue weighted by Gasteiger charge is -2.08. The lowest BCUT2D eigenvalue weighted by atomic mass is 10.0. The van der Waals surface area contributed by atoms with Crippen molar-refractivity contribution in [1.82, 2.24) is 9.97 Å². The van der Waals surface area contributed by atoms with Crippen molar-refractivity contribution in [3.63, 3.8) is 0 Å². The second-order valence-electron chi connectivity index (χ2n) is 5.25. The third kappa shape index (κ3) is 2.05. The number of pyridine rings is 2. The summed E-state index contributed by atoms with van der Waals surface area (Å²) in [5.41, 5.74) is 4.10. The Morgan fingerprint density at radius 3 is 2.48 bits per heavy atom. The molecular formula is C19H14N2. The van der Waals surface area contributed by atoms with Gasteiger partial charge in [-0.05, 0) is 30.5 Å². The van der Waals surface area contributed by atoms with Crippen LogP contribution in [0.1, 0.15) is 5.69 Å². The lowest BCUT2D eigenvalue weighted by Crippen LogP contribution is -1.91. The Balaban J connectivity index is 2.03. The molecule has 2 aromatic heterocycles. The summed E-state index contributed by atoms with van der Waals surface area (Å²) >= 11 is 0. The zero-order valence-corrected chi connectivity index (χ0v) is 11.7. The van der Waals surface area contributed by atoms with E-state index in [2.05, 4.69) is 47.4 Å². The first kappa shape index (κ1) is 12.0. The van der Waals surface area contributed by atoms with Gasteiger partial charge in [-0.15, -0.1) is 0 Å². The second kappa shape index (κ2) is 4.67. The zero-order chi connectivity index (χ0) is 14.2. The molecule has 2 aromatic carbocycles. The number of hydrogen-bond donors (Lipinski definition) is 0. The summed E-state index contributed by atoms with van der Waals surface area (Å²) in [6.07, 6.45) is 1.91. The van der Waals surface area contributed by atoms with Gasteiger partial charge in [0.15, 0.2) is 0 Å². The van der Waals surface area contributed by atoms with E-state index in [9.17, 15) is 0 Å². The topological polar surface area (TPSA) is 25.8 Å². The smallest absolute Gasteiger partial charge is 0.0799 e. The predicted octanol–water partition coefficient (Wildman–Crippen LogP) is 4.76. The molecule has 0 saturated heterocycles. The van der Waals surface area contributed by atoms with Gasteiger partial charge in [-0.25, -0.2) is 0 Å². The van der Waals surface area contributed by atoms with Crippen molar-refractivity contribution in [3.05, 3.63) is 72.6 Å². The maximum atomic E-state index is 4.74. The van der Waals surface area contributed by atoms with Gasteiger partial charge in [0.1, 0.15) is 0 Å². The molecular weight excluding hydrogens is 256 g/mol. The minimum atomic E-state index is 1.00. The molecule has 0 N–H and O–H groups in total. The van der Waals surface area contributed by atoms with E-state index >= 15 is 0 Å². The Labute approximate surface area is 123 Å². The Bertz CT molecular complexity index is 958. The number of para-hydroxylation sites is 1. The van der Waals surface area contributed by atoms with E-state index in [1.807, 2.05) is 31.3 Å². The number of benzene rings is 2. The molecule has 2 heteroatoms. The first-order valence-corrected chi connectivity index (χ1v) is 7.03. The quantitative estimate of drug-likeness (QED) is 0.498. The highest BCUT2D eigenvalue weighted by Crippen LogP contribution is 2.28. The van der Waals surface area contributed by atoms with Gasteiger partial charge in [-0.1, -0.05) is 42.5 Å². The molecule has 0 atom stereocenters. The number of aryl methyl sites for hydroxylation is 1. The van der Waals surface area contributed by atoms with E-state index in [-0.39, 0.29) is 0 Å². The van der Waals surface area contributed by atoms with Crippen LogP contribution >= 0.6 is 0 Å². The average Bonchev–Trinajstić information content (AvgIpc) is 2.53. The number of fused-ring (bicyclic) bond motifs is 2. The van der Waals surface area contributed by atoms with Gasteiger partial charge >= 0.3 is 0 Å². The van der Waals surface area contributed by atoms with Gasteiger partial charge < -0.3 is 0 Å². The van der Waals surface area contributed by atoms with Crippen LogP contribution in [0.3, 0.4) is 0 Å². The SMILES string of the molecule is Cc1cc2ccccc2c(-c2cnc3ccccc3c2)n1. The monoisotopic (exact) mass is 270 g/mol. The normalized spacial score (nSPS) is 11.1. The predicted molar refractivity (Wildman–Crippen MR) is 87.2 cm³/mol. The van der Waals surface area contributed by atoms with E-state index in [4.69, 9.17) is 4.98 Å². The maximum absolute atomic E-state index is 4.74. The van der Waals surface area contributed by atoms with Crippen LogP contribution in [0, 0.1) is 6.92 Å². The van der Waals surface area contributed by atoms with Gasteiger partial charge in [0.2, 0.25) is 0 Å². The number of hydrogen-bond acceptors (Lipinski definition) is 2. The van der Waals surface area contributed by atoms with E-state index in [1.54, 1.807) is 0 Å². The van der Waals surface area contributed by atoms with E-state index in [0.29, 0.717) is 0 Å². The van der Waals surface area contributed by atoms with Crippen molar-refractivity contribution in [2.24, 2.45) is 0 Å². The third-order valence-electron chi connectivity index (χ3n) is 3.73. The van der Waals surface area contributed by atoms with Crippen LogP contribution in [-0.2, 0) is 0 Å². The molecule has 0 aliphatic heterocycles. The molecule has 0 radical (unpaired) electrons. The molecule has 0 aliphatic rings. The fourth-order valence-electron chi connectivity index (χ4n) is 2.75. The molecule has 0 fully saturated rings. The first-order valence-electron chi connectivity index (χ1n) is 7.03. The summed E-state index contributed by atoms with van der Waals surface area (Å²) < 4.78 is 0. The second-order valence-corrected chi connectivity index (χ2v) is 5.25. The van der Waals surface area contributed by atoms with E-state index < -0.39 is 0 Å². The summed E-state index contributed by atoms with van der Waals surface area (Å²) in [5.74, 6) is 0. The summed E-state index contributed by atoms with van der Waals surface area (Å²) in [5, 5.41) is 3.52. The zero-order valence-electron chi connectivity index (χ0n) is 11.7. The van der Waals surface area contributed by atoms with Crippen LogP contribution < -0.4 is 0 Å². The molecule has 2 heterocycles. The van der Waals surface area contributed by atoms with Crippen molar-refractivity contribution < 1.29 is 0 Å². The molecule has 0 aliphatic carbocycles. The summed E-state index contributed by atoms with van der Waals surface area (Å²) in [6, 6.07) is 20.8. The molecule has 4 aromatic rings. The standard InChI is InChI=1S/C19H14N2/c1-13-10-14-6-2-4-8-17(14)19(21-13)16-11-15-7-3-5-9-18(15)20-12-16/h2-12H,1H3. The largest absolute Gasteiger partial charge is 0.256 e. The van der Waals surface area contributed by atoms with Crippen LogP contribution in [0.5, 0.6) is 0 Å². The molecule has 0 saturated carbocycles. The minimum Gasteiger partial charge on any atom is -0.256 e. The summed E-state index contributed by atoms with van der Waals surface area (Å²) in [6.45, 7) is 2.03. The van der Waals surface area contributed by atoms with Crippen molar-refractivity contribution in [1.29, 1.82) is 0 Å². The van der Waals surface area contributed by atoms with Crippen LogP contribution in [0.15, 0.2) is 66.9 Å². The number of aromatic nitrogens is 2. The highest BCUT2D eigenvalue weighted by molar-refractivity contribution is 5.96. The molecule has 0 bridgehead atoms. The van der Waals surface area contributed by atoms with Gasteiger partial charge in [-0.2, -0.15) is 0 Å². The van der Waals surface area contributed by atoms with Crippen LogP contribution in [-0.4, -0.2) is 9.97 Å². The first-order chi connectivity index (χ1) is 10.3. The lowest BCUT2D eigenvalue weighted by molar-refractivity contribution is 1.22. The summed E-state index contributed by atoms with van der Waals surface area (Å²) in [7, 11) is 0. The molecule has 4 rings (SSSR count). The molecule has 0 amide bonds. The Hall–Kier alpha value is -2.74. The summed E-state index contributed by atoms with van der Waals surface area (Å²) in [4.78, 5) is 9.29. The number of rotatable bonds is 1. The van der Waals surface area contributed by atoms with E-state index in [1.165, 1.54) is 10.8 Å². The Kier molecular flexibility index (Phi) is 2.68. The van der Waals surface area contributed by atoms with Crippen molar-refractivity contribution >= 4 is 21.7 Å². The van der Waals surface area contributed by atoms with E-state index in [0.717, 1.165) is 27.9 Å². The van der Waals surface area contributed by atoms with Crippen molar-refractivity contribution in [2.45, 2.75) is 6.92 Å². The fraction of sp³-hybridized carbons (Fsp3) is 0.0526. The minimum absolute atomic E-state index is 1.00. The molecule has 0 unspecified atom stereocenters. The van der Waals surface area contributed by atoms with Gasteiger partial charge in [-0.3, -0.25) is 9.97 Å². The van der Waals surface area contributed by atoms with Gasteiger partial charge in [0.25, 0.3) is 0 Å². The molecule has 21 heavy (non-hydrogen) atoms. The van der Waals surface area contributed by atoms with Crippen molar-refractivity contribution in [2.75, 3.05) is 0 Å². The van der Waals surface area contributed by atoms with Gasteiger partial charge in [0.05, 0.1) is 11.2 Å². The van der Waals surface area contributed by atoms with Crippen LogP contribution in [0.4, 0.5) is 0 Å². The average molecular weight is 270 g/mol. The molecule has 100 valence electrons. The Morgan fingerprint density at radius 1 is 0.810 bits per heavy atom. The maximum Gasteiger partial charge on any atom is 0.0799 e. The highest BCUT2D eigenvalue weighted by atomic mass is 14.7. The van der Waals surface area contributed by atoms with Crippen LogP contribution in [0.25, 0.3) is 32.9 Å². The van der Waals surface area contributed by atoms with Crippen LogP contribution in [0.2, 0.25) is 0 Å². The Morgan fingerprint density at radius 2 is 1.57 bits per heavy atom. The third-order valence-corrected chi connectivity index (χ3v) is 3.73. The fourth-order valence-corrected chi connectivity index (χ4v) is 2.75. The molecule has 0 spiro atoms. The van der Waals surface area contributed by atoms with Crippen molar-refractivity contribution in [3.8, 4) is 11.3 Å². The molecule has 2 nitrogen and oxygen atoms in total.